The zero-order valence-electron chi connectivity index (χ0n) is 10.9. The Bertz CT molecular complexity index is 420. The lowest BCUT2D eigenvalue weighted by Crippen LogP contribution is -2.02. The van der Waals surface area contributed by atoms with Crippen molar-refractivity contribution in [1.29, 1.82) is 0 Å². The zero-order valence-corrected chi connectivity index (χ0v) is 11.7. The maximum absolute atomic E-state index is 11.0. The highest BCUT2D eigenvalue weighted by Crippen LogP contribution is 2.57. The highest BCUT2D eigenvalue weighted by molar-refractivity contribution is 7.60. The van der Waals surface area contributed by atoms with Crippen LogP contribution in [0.2, 0.25) is 0 Å². The highest BCUT2D eigenvalue weighted by Gasteiger charge is 2.31. The van der Waals surface area contributed by atoms with Gasteiger partial charge in [-0.15, -0.1) is 0 Å². The SMILES string of the molecule is [2H]C(CCCCOP(=O)(O)OP(=O)(O)O)OC(=O)C=C. The van der Waals surface area contributed by atoms with Gasteiger partial charge in [-0.1, -0.05) is 6.58 Å². The van der Waals surface area contributed by atoms with Gasteiger partial charge in [-0.25, -0.2) is 13.9 Å². The summed E-state index contributed by atoms with van der Waals surface area (Å²) in [5.74, 6) is -0.726. The lowest BCUT2D eigenvalue weighted by atomic mass is 10.2. The molecule has 0 aliphatic rings. The molecule has 0 fully saturated rings. The molecule has 0 rings (SSSR count). The lowest BCUT2D eigenvalue weighted by molar-refractivity contribution is -0.137. The van der Waals surface area contributed by atoms with E-state index in [2.05, 4.69) is 20.2 Å². The fraction of sp³-hybridized carbons (Fsp3) is 0.625. The first kappa shape index (κ1) is 16.5. The first-order valence-electron chi connectivity index (χ1n) is 5.63. The second-order valence-electron chi connectivity index (χ2n) is 3.18. The Kier molecular flexibility index (Phi) is 7.48. The summed E-state index contributed by atoms with van der Waals surface area (Å²) < 4.78 is 41.1. The summed E-state index contributed by atoms with van der Waals surface area (Å²) in [6.45, 7) is 1.77. The largest absolute Gasteiger partial charge is 0.481 e. The van der Waals surface area contributed by atoms with E-state index in [9.17, 15) is 13.9 Å². The van der Waals surface area contributed by atoms with Gasteiger partial charge in [0.25, 0.3) is 0 Å². The molecule has 0 heterocycles. The number of phosphoric acid groups is 2. The molecule has 0 saturated heterocycles. The van der Waals surface area contributed by atoms with Crippen LogP contribution in [0.1, 0.15) is 20.6 Å². The summed E-state index contributed by atoms with van der Waals surface area (Å²) in [6.07, 6.45) is 1.62. The molecule has 0 amide bonds. The number of phosphoric ester groups is 1. The minimum atomic E-state index is -5.11. The van der Waals surface area contributed by atoms with E-state index in [1.54, 1.807) is 0 Å². The van der Waals surface area contributed by atoms with Crippen molar-refractivity contribution in [1.82, 2.24) is 0 Å². The standard InChI is InChI=1S/C8H16O9P2/c1-2-8(9)15-6-4-3-5-7-16-19(13,14)17-18(10,11)12/h2H,1,3-7H2,(H,13,14)(H2,10,11,12)/i6D. The minimum absolute atomic E-state index is 0.165. The molecule has 0 spiro atoms. The average Bonchev–Trinajstić information content (AvgIpc) is 2.24. The summed E-state index contributed by atoms with van der Waals surface area (Å²) >= 11 is 0. The maximum atomic E-state index is 11.0. The summed E-state index contributed by atoms with van der Waals surface area (Å²) in [5.41, 5.74) is 0. The Morgan fingerprint density at radius 3 is 2.42 bits per heavy atom. The van der Waals surface area contributed by atoms with E-state index >= 15 is 0 Å². The van der Waals surface area contributed by atoms with Crippen LogP contribution in [0.3, 0.4) is 0 Å². The quantitative estimate of drug-likeness (QED) is 0.234. The van der Waals surface area contributed by atoms with Gasteiger partial charge < -0.3 is 19.4 Å². The van der Waals surface area contributed by atoms with Crippen molar-refractivity contribution in [2.24, 2.45) is 0 Å². The van der Waals surface area contributed by atoms with Crippen molar-refractivity contribution in [3.8, 4) is 0 Å². The van der Waals surface area contributed by atoms with Gasteiger partial charge in [-0.05, 0) is 19.3 Å². The first-order chi connectivity index (χ1) is 9.06. The molecule has 9 nitrogen and oxygen atoms in total. The third-order valence-corrected chi connectivity index (χ3v) is 3.73. The molecule has 0 saturated carbocycles. The molecule has 0 radical (unpaired) electrons. The molecule has 3 N–H and O–H groups in total. The van der Waals surface area contributed by atoms with Crippen LogP contribution in [0.25, 0.3) is 0 Å². The van der Waals surface area contributed by atoms with Gasteiger partial charge in [-0.2, -0.15) is 4.31 Å². The van der Waals surface area contributed by atoms with Crippen LogP contribution >= 0.6 is 15.6 Å². The Labute approximate surface area is 111 Å². The van der Waals surface area contributed by atoms with Crippen LogP contribution in [0, 0.1) is 0 Å². The number of hydrogen-bond donors (Lipinski definition) is 3. The minimum Gasteiger partial charge on any atom is -0.463 e. The van der Waals surface area contributed by atoms with Gasteiger partial charge >= 0.3 is 21.6 Å². The van der Waals surface area contributed by atoms with E-state index in [1.807, 2.05) is 0 Å². The van der Waals surface area contributed by atoms with Crippen LogP contribution in [0.5, 0.6) is 0 Å². The third kappa shape index (κ3) is 12.3. The topological polar surface area (TPSA) is 140 Å². The molecule has 0 aromatic carbocycles. The van der Waals surface area contributed by atoms with Crippen LogP contribution in [-0.4, -0.2) is 33.8 Å². The van der Waals surface area contributed by atoms with Crippen LogP contribution in [-0.2, 0) is 27.5 Å². The summed E-state index contributed by atoms with van der Waals surface area (Å²) in [4.78, 5) is 36.3. The van der Waals surface area contributed by atoms with Crippen molar-refractivity contribution < 1.29 is 43.5 Å². The van der Waals surface area contributed by atoms with E-state index in [0.717, 1.165) is 6.08 Å². The van der Waals surface area contributed by atoms with Gasteiger partial charge in [0, 0.05) is 6.08 Å². The lowest BCUT2D eigenvalue weighted by Gasteiger charge is -2.12. The molecule has 2 unspecified atom stereocenters. The predicted octanol–water partition coefficient (Wildman–Crippen LogP) is 1.11. The van der Waals surface area contributed by atoms with Gasteiger partial charge in [0.1, 0.15) is 0 Å². The van der Waals surface area contributed by atoms with E-state index in [0.29, 0.717) is 6.42 Å². The third-order valence-electron chi connectivity index (χ3n) is 1.55. The number of esters is 1. The van der Waals surface area contributed by atoms with Gasteiger partial charge in [0.2, 0.25) is 0 Å². The number of ether oxygens (including phenoxy) is 1. The van der Waals surface area contributed by atoms with Crippen molar-refractivity contribution in [2.45, 2.75) is 19.3 Å². The fourth-order valence-electron chi connectivity index (χ4n) is 0.857. The Morgan fingerprint density at radius 1 is 1.26 bits per heavy atom. The Morgan fingerprint density at radius 2 is 1.89 bits per heavy atom. The number of unbranched alkanes of at least 4 members (excludes halogenated alkanes) is 1. The van der Waals surface area contributed by atoms with E-state index in [-0.39, 0.29) is 19.4 Å². The molecule has 0 bridgehead atoms. The molecule has 11 heteroatoms. The van der Waals surface area contributed by atoms with E-state index in [4.69, 9.17) is 16.1 Å². The normalized spacial score (nSPS) is 17.1. The second-order valence-corrected chi connectivity index (χ2v) is 6.01. The number of rotatable bonds is 10. The summed E-state index contributed by atoms with van der Waals surface area (Å²) in [5, 5.41) is 0. The van der Waals surface area contributed by atoms with E-state index < -0.39 is 28.2 Å². The molecular formula is C8H16O9P2. The van der Waals surface area contributed by atoms with Crippen molar-refractivity contribution in [2.75, 3.05) is 13.2 Å². The van der Waals surface area contributed by atoms with Crippen LogP contribution < -0.4 is 0 Å². The fourth-order valence-corrected chi connectivity index (χ4v) is 2.48. The molecule has 2 atom stereocenters. The molecule has 0 aromatic heterocycles. The summed E-state index contributed by atoms with van der Waals surface area (Å²) in [7, 11) is -9.93. The maximum Gasteiger partial charge on any atom is 0.481 e. The average molecular weight is 319 g/mol. The smallest absolute Gasteiger partial charge is 0.463 e. The number of carbonyl (C=O) groups excluding carboxylic acids is 1. The second kappa shape index (κ2) is 8.60. The molecule has 0 aliphatic heterocycles. The van der Waals surface area contributed by atoms with Gasteiger partial charge in [0.05, 0.1) is 14.6 Å². The Hall–Kier alpha value is -0.530. The van der Waals surface area contributed by atoms with Crippen LogP contribution in [0.4, 0.5) is 0 Å². The summed E-state index contributed by atoms with van der Waals surface area (Å²) in [6, 6.07) is 0. The Balaban J connectivity index is 3.81. The van der Waals surface area contributed by atoms with Gasteiger partial charge in [0.15, 0.2) is 0 Å². The number of hydrogen-bond acceptors (Lipinski definition) is 6. The van der Waals surface area contributed by atoms with E-state index in [1.165, 1.54) is 0 Å². The molecular weight excluding hydrogens is 302 g/mol. The molecule has 0 aliphatic carbocycles. The predicted molar refractivity (Wildman–Crippen MR) is 63.9 cm³/mol. The number of carbonyl (C=O) groups is 1. The van der Waals surface area contributed by atoms with Gasteiger partial charge in [-0.3, -0.25) is 4.52 Å². The van der Waals surface area contributed by atoms with Crippen LogP contribution in [0.15, 0.2) is 12.7 Å². The zero-order chi connectivity index (χ0) is 15.8. The monoisotopic (exact) mass is 319 g/mol. The molecule has 19 heavy (non-hydrogen) atoms. The molecule has 112 valence electrons. The van der Waals surface area contributed by atoms with Crippen molar-refractivity contribution in [3.05, 3.63) is 12.7 Å². The highest BCUT2D eigenvalue weighted by atomic mass is 31.3. The first-order valence-corrected chi connectivity index (χ1v) is 8.08. The molecule has 0 aromatic rings. The van der Waals surface area contributed by atoms with Crippen molar-refractivity contribution >= 4 is 21.6 Å². The van der Waals surface area contributed by atoms with Crippen molar-refractivity contribution in [3.63, 3.8) is 0 Å².